The smallest absolute Gasteiger partial charge is 0.0304 e. The Kier molecular flexibility index (Phi) is 7.25. The molecule has 1 rings (SSSR count). The van der Waals surface area contributed by atoms with Crippen molar-refractivity contribution in [3.63, 3.8) is 0 Å². The molecule has 1 atom stereocenters. The lowest BCUT2D eigenvalue weighted by atomic mass is 9.88. The molecule has 0 aromatic carbocycles. The van der Waals surface area contributed by atoms with Gasteiger partial charge in [-0.1, -0.05) is 45.4 Å². The van der Waals surface area contributed by atoms with Crippen LogP contribution in [0.1, 0.15) is 78.6 Å². The zero-order valence-electron chi connectivity index (χ0n) is 12.9. The number of nitrogens with zero attached hydrogens (tertiary/aromatic N) is 1. The van der Waals surface area contributed by atoms with Gasteiger partial charge in [0.1, 0.15) is 0 Å². The molecule has 0 amide bonds. The van der Waals surface area contributed by atoms with Crippen LogP contribution in [-0.4, -0.2) is 29.6 Å². The molecule has 1 saturated heterocycles. The summed E-state index contributed by atoms with van der Waals surface area (Å²) in [6.07, 6.45) is 12.0. The van der Waals surface area contributed by atoms with Crippen molar-refractivity contribution in [2.75, 3.05) is 13.1 Å². The van der Waals surface area contributed by atoms with Crippen LogP contribution in [0.4, 0.5) is 0 Å². The summed E-state index contributed by atoms with van der Waals surface area (Å²) in [6.45, 7) is 9.46. The molecule has 2 nitrogen and oxygen atoms in total. The Morgan fingerprint density at radius 1 is 1.00 bits per heavy atom. The zero-order chi connectivity index (χ0) is 13.4. The van der Waals surface area contributed by atoms with E-state index < -0.39 is 0 Å². The van der Waals surface area contributed by atoms with E-state index in [9.17, 15) is 0 Å². The molecule has 0 radical (unpaired) electrons. The summed E-state index contributed by atoms with van der Waals surface area (Å²) in [5.74, 6) is 0. The minimum atomic E-state index is 0.177. The predicted molar refractivity (Wildman–Crippen MR) is 80.9 cm³/mol. The first kappa shape index (κ1) is 16.0. The second-order valence-electron chi connectivity index (χ2n) is 6.51. The van der Waals surface area contributed by atoms with Gasteiger partial charge in [0.15, 0.2) is 0 Å². The Hall–Kier alpha value is -0.0800. The number of likely N-dealkylation sites (tertiary alicyclic amines) is 1. The number of nitrogens with two attached hydrogens (primary N) is 1. The number of hydrogen-bond acceptors (Lipinski definition) is 2. The maximum absolute atomic E-state index is 6.47. The van der Waals surface area contributed by atoms with Crippen molar-refractivity contribution in [1.29, 1.82) is 0 Å². The molecule has 0 spiro atoms. The summed E-state index contributed by atoms with van der Waals surface area (Å²) >= 11 is 0. The molecule has 0 bridgehead atoms. The van der Waals surface area contributed by atoms with E-state index in [4.69, 9.17) is 5.73 Å². The van der Waals surface area contributed by atoms with Gasteiger partial charge in [0, 0.05) is 11.6 Å². The van der Waals surface area contributed by atoms with Gasteiger partial charge in [-0.2, -0.15) is 0 Å². The average Bonchev–Trinajstić information content (AvgIpc) is 2.63. The minimum Gasteiger partial charge on any atom is -0.326 e. The number of hydrogen-bond donors (Lipinski definition) is 1. The van der Waals surface area contributed by atoms with E-state index in [0.717, 1.165) is 0 Å². The molecule has 1 heterocycles. The van der Waals surface area contributed by atoms with Crippen LogP contribution in [0.2, 0.25) is 0 Å². The highest BCUT2D eigenvalue weighted by Crippen LogP contribution is 2.25. The quantitative estimate of drug-likeness (QED) is 0.697. The van der Waals surface area contributed by atoms with E-state index in [-0.39, 0.29) is 5.54 Å². The normalized spacial score (nSPS) is 20.7. The van der Waals surface area contributed by atoms with Crippen LogP contribution in [-0.2, 0) is 0 Å². The van der Waals surface area contributed by atoms with Crippen LogP contribution in [0, 0.1) is 0 Å². The van der Waals surface area contributed by atoms with Gasteiger partial charge in [0.25, 0.3) is 0 Å². The molecule has 2 heteroatoms. The fourth-order valence-corrected chi connectivity index (χ4v) is 3.03. The van der Waals surface area contributed by atoms with Crippen molar-refractivity contribution >= 4 is 0 Å². The highest BCUT2D eigenvalue weighted by atomic mass is 15.2. The Morgan fingerprint density at radius 3 is 2.17 bits per heavy atom. The van der Waals surface area contributed by atoms with Gasteiger partial charge in [-0.3, -0.25) is 4.90 Å². The van der Waals surface area contributed by atoms with Gasteiger partial charge in [0.2, 0.25) is 0 Å². The third-order valence-electron chi connectivity index (χ3n) is 4.70. The summed E-state index contributed by atoms with van der Waals surface area (Å²) in [6, 6.07) is 0.326. The van der Waals surface area contributed by atoms with Gasteiger partial charge in [0.05, 0.1) is 0 Å². The van der Waals surface area contributed by atoms with Crippen molar-refractivity contribution in [3.8, 4) is 0 Å². The summed E-state index contributed by atoms with van der Waals surface area (Å²) in [7, 11) is 0. The summed E-state index contributed by atoms with van der Waals surface area (Å²) in [5, 5.41) is 0. The van der Waals surface area contributed by atoms with Crippen LogP contribution in [0.3, 0.4) is 0 Å². The molecule has 0 aliphatic carbocycles. The molecule has 0 aromatic rings. The SMILES string of the molecule is CCCCCCC(N)C(C)(C)N1CCCCCC1. The van der Waals surface area contributed by atoms with E-state index >= 15 is 0 Å². The van der Waals surface area contributed by atoms with Gasteiger partial charge in [-0.05, 0) is 46.2 Å². The molecule has 0 saturated carbocycles. The molecule has 1 unspecified atom stereocenters. The maximum atomic E-state index is 6.47. The first-order valence-corrected chi connectivity index (χ1v) is 8.09. The van der Waals surface area contributed by atoms with Crippen molar-refractivity contribution in [1.82, 2.24) is 4.90 Å². The van der Waals surface area contributed by atoms with Gasteiger partial charge < -0.3 is 5.73 Å². The molecular formula is C16H34N2. The second-order valence-corrected chi connectivity index (χ2v) is 6.51. The van der Waals surface area contributed by atoms with Crippen LogP contribution < -0.4 is 5.73 Å². The maximum Gasteiger partial charge on any atom is 0.0304 e. The molecule has 1 aliphatic rings. The fraction of sp³-hybridized carbons (Fsp3) is 1.00. The third kappa shape index (κ3) is 4.89. The van der Waals surface area contributed by atoms with E-state index in [1.807, 2.05) is 0 Å². The van der Waals surface area contributed by atoms with Crippen LogP contribution in [0.5, 0.6) is 0 Å². The topological polar surface area (TPSA) is 29.3 Å². The van der Waals surface area contributed by atoms with Crippen molar-refractivity contribution in [3.05, 3.63) is 0 Å². The van der Waals surface area contributed by atoms with Gasteiger partial charge >= 0.3 is 0 Å². The van der Waals surface area contributed by atoms with Crippen molar-refractivity contribution in [2.24, 2.45) is 5.73 Å². The highest BCUT2D eigenvalue weighted by Gasteiger charge is 2.32. The lowest BCUT2D eigenvalue weighted by Crippen LogP contribution is -2.56. The highest BCUT2D eigenvalue weighted by molar-refractivity contribution is 4.92. The summed E-state index contributed by atoms with van der Waals surface area (Å²) in [4.78, 5) is 2.64. The minimum absolute atomic E-state index is 0.177. The molecule has 1 fully saturated rings. The Labute approximate surface area is 114 Å². The molecule has 18 heavy (non-hydrogen) atoms. The molecule has 108 valence electrons. The van der Waals surface area contributed by atoms with Crippen molar-refractivity contribution < 1.29 is 0 Å². The van der Waals surface area contributed by atoms with Gasteiger partial charge in [-0.25, -0.2) is 0 Å². The van der Waals surface area contributed by atoms with Gasteiger partial charge in [-0.15, -0.1) is 0 Å². The van der Waals surface area contributed by atoms with Crippen LogP contribution in [0.15, 0.2) is 0 Å². The fourth-order valence-electron chi connectivity index (χ4n) is 3.03. The number of unbranched alkanes of at least 4 members (excludes halogenated alkanes) is 3. The number of rotatable bonds is 7. The van der Waals surface area contributed by atoms with E-state index in [2.05, 4.69) is 25.7 Å². The molecule has 0 aromatic heterocycles. The Morgan fingerprint density at radius 2 is 1.61 bits per heavy atom. The molecule has 1 aliphatic heterocycles. The van der Waals surface area contributed by atoms with Crippen molar-refractivity contribution in [2.45, 2.75) is 90.1 Å². The van der Waals surface area contributed by atoms with E-state index in [1.54, 1.807) is 0 Å². The van der Waals surface area contributed by atoms with Crippen LogP contribution in [0.25, 0.3) is 0 Å². The zero-order valence-corrected chi connectivity index (χ0v) is 12.9. The Bertz CT molecular complexity index is 205. The lowest BCUT2D eigenvalue weighted by Gasteiger charge is -2.42. The first-order valence-electron chi connectivity index (χ1n) is 8.09. The lowest BCUT2D eigenvalue weighted by molar-refractivity contribution is 0.0938. The summed E-state index contributed by atoms with van der Waals surface area (Å²) in [5.41, 5.74) is 6.65. The monoisotopic (exact) mass is 254 g/mol. The van der Waals surface area contributed by atoms with Crippen LogP contribution >= 0.6 is 0 Å². The van der Waals surface area contributed by atoms with E-state index in [0.29, 0.717) is 6.04 Å². The van der Waals surface area contributed by atoms with E-state index in [1.165, 1.54) is 70.9 Å². The Balaban J connectivity index is 2.39. The molecule has 2 N–H and O–H groups in total. The summed E-state index contributed by atoms with van der Waals surface area (Å²) < 4.78 is 0. The average molecular weight is 254 g/mol. The second kappa shape index (κ2) is 8.16. The standard InChI is InChI=1S/C16H34N2/c1-4-5-6-9-12-15(17)16(2,3)18-13-10-7-8-11-14-18/h15H,4-14,17H2,1-3H3. The first-order chi connectivity index (χ1) is 8.59. The molecular weight excluding hydrogens is 220 g/mol. The third-order valence-corrected chi connectivity index (χ3v) is 4.70. The largest absolute Gasteiger partial charge is 0.326 e. The predicted octanol–water partition coefficient (Wildman–Crippen LogP) is 3.94.